The molecular formula is C27H34FN6O5-. The number of cyclic esters (lactones) is 1. The van der Waals surface area contributed by atoms with E-state index in [1.807, 2.05) is 22.5 Å². The Labute approximate surface area is 226 Å². The predicted octanol–water partition coefficient (Wildman–Crippen LogP) is 2.35. The van der Waals surface area contributed by atoms with E-state index < -0.39 is 17.6 Å². The number of hydrogen-bond donors (Lipinski definition) is 3. The third kappa shape index (κ3) is 6.41. The van der Waals surface area contributed by atoms with E-state index in [0.717, 1.165) is 32.4 Å². The number of ether oxygens (including phenoxy) is 2. The number of nitrogens with one attached hydrogen (secondary N) is 2. The molecule has 11 nitrogen and oxygen atoms in total. The average Bonchev–Trinajstić information content (AvgIpc) is 3.63. The number of amides is 2. The zero-order valence-electron chi connectivity index (χ0n) is 21.9. The number of rotatable bonds is 10. The summed E-state index contributed by atoms with van der Waals surface area (Å²) in [7, 11) is 0. The van der Waals surface area contributed by atoms with Crippen molar-refractivity contribution in [2.45, 2.75) is 44.2 Å². The van der Waals surface area contributed by atoms with Crippen LogP contribution in [0.1, 0.15) is 25.3 Å². The van der Waals surface area contributed by atoms with Crippen molar-refractivity contribution >= 4 is 29.1 Å². The number of benzene rings is 2. The molecule has 0 aromatic heterocycles. The largest absolute Gasteiger partial charge is 0.761 e. The highest BCUT2D eigenvalue weighted by Gasteiger charge is 2.44. The van der Waals surface area contributed by atoms with Gasteiger partial charge >= 0.3 is 6.09 Å². The number of epoxide rings is 1. The summed E-state index contributed by atoms with van der Waals surface area (Å²) in [5, 5.41) is 13.2. The minimum atomic E-state index is -1.38. The average molecular weight is 542 g/mol. The van der Waals surface area contributed by atoms with Crippen molar-refractivity contribution in [3.05, 3.63) is 59.1 Å². The molecule has 3 fully saturated rings. The van der Waals surface area contributed by atoms with Crippen LogP contribution < -0.4 is 26.3 Å². The highest BCUT2D eigenvalue weighted by molar-refractivity contribution is 5.90. The van der Waals surface area contributed by atoms with Gasteiger partial charge in [0.1, 0.15) is 12.0 Å². The molecule has 0 aliphatic carbocycles. The van der Waals surface area contributed by atoms with E-state index in [0.29, 0.717) is 30.2 Å². The van der Waals surface area contributed by atoms with Crippen LogP contribution in [-0.2, 0) is 20.7 Å². The highest BCUT2D eigenvalue weighted by Crippen LogP contribution is 2.33. The summed E-state index contributed by atoms with van der Waals surface area (Å²) in [5.41, 5.74) is 9.20. The third-order valence-electron chi connectivity index (χ3n) is 7.41. The van der Waals surface area contributed by atoms with Crippen LogP contribution in [0.3, 0.4) is 0 Å². The molecule has 4 N–H and O–H groups in total. The van der Waals surface area contributed by atoms with E-state index in [9.17, 15) is 14.8 Å². The van der Waals surface area contributed by atoms with Gasteiger partial charge in [0.25, 0.3) is 0 Å². The second kappa shape index (κ2) is 11.3. The molecule has 12 heteroatoms. The van der Waals surface area contributed by atoms with Gasteiger partial charge in [0.15, 0.2) is 5.72 Å². The van der Waals surface area contributed by atoms with Crippen LogP contribution in [-0.4, -0.2) is 74.2 Å². The molecule has 3 heterocycles. The van der Waals surface area contributed by atoms with E-state index in [-0.39, 0.29) is 31.3 Å². The monoisotopic (exact) mass is 541 g/mol. The quantitative estimate of drug-likeness (QED) is 0.306. The smallest absolute Gasteiger partial charge is 0.416 e. The summed E-state index contributed by atoms with van der Waals surface area (Å²) in [4.78, 5) is 29.2. The van der Waals surface area contributed by atoms with Gasteiger partial charge in [0.2, 0.25) is 5.91 Å². The second-order valence-electron chi connectivity index (χ2n) is 10.3. The van der Waals surface area contributed by atoms with Crippen molar-refractivity contribution < 1.29 is 23.5 Å². The van der Waals surface area contributed by atoms with E-state index in [4.69, 9.17) is 15.2 Å². The lowest BCUT2D eigenvalue weighted by molar-refractivity contribution is -0.119. The molecule has 3 saturated heterocycles. The van der Waals surface area contributed by atoms with E-state index in [1.54, 1.807) is 24.3 Å². The lowest BCUT2D eigenvalue weighted by Gasteiger charge is -2.35. The van der Waals surface area contributed by atoms with Crippen molar-refractivity contribution in [3.8, 4) is 0 Å². The Hall–Kier alpha value is -3.45. The number of hydrogen-bond acceptors (Lipinski definition) is 9. The van der Waals surface area contributed by atoms with Crippen molar-refractivity contribution in [1.29, 1.82) is 0 Å². The first kappa shape index (κ1) is 27.1. The number of carbonyl (C=O) groups excluding carboxylic acids is 2. The standard InChI is InChI=1S/C27H34FN6O5/c1-18(35)30-16-27(29)17-34(26(36)39-27)21-9-10-23(22(28)15-21)32-11-13-33(14-12-32)25-24(38-25)4-2-3-19-5-7-20(31-37)8-6-19/h5-10,15,24-25,31H,2-4,11-14,16-17,29H2,1H3,(H,30,35)/q-1/t24?,25?,27-/m0/s1. The fraction of sp³-hybridized carbons (Fsp3) is 0.481. The maximum atomic E-state index is 15.1. The summed E-state index contributed by atoms with van der Waals surface area (Å²) in [5.74, 6) is -0.712. The Morgan fingerprint density at radius 2 is 1.92 bits per heavy atom. The molecule has 3 atom stereocenters. The Morgan fingerprint density at radius 3 is 2.59 bits per heavy atom. The summed E-state index contributed by atoms with van der Waals surface area (Å²) in [6.07, 6.45) is 2.56. The molecular weight excluding hydrogens is 507 g/mol. The van der Waals surface area contributed by atoms with Gasteiger partial charge in [-0.15, -0.1) is 0 Å². The molecule has 3 aliphatic rings. The van der Waals surface area contributed by atoms with Crippen LogP contribution in [0.4, 0.5) is 26.2 Å². The second-order valence-corrected chi connectivity index (χ2v) is 10.3. The number of carbonyl (C=O) groups is 2. The van der Waals surface area contributed by atoms with Gasteiger partial charge < -0.3 is 30.4 Å². The molecule has 3 aliphatic heterocycles. The lowest BCUT2D eigenvalue weighted by atomic mass is 10.1. The van der Waals surface area contributed by atoms with Crippen molar-refractivity contribution in [1.82, 2.24) is 10.2 Å². The SMILES string of the molecule is CC(=O)NC[C@@]1(N)CN(c2ccc(N3CCN(C4OC4CCCc4ccc(N[O-])cc4)CC3)c(F)c2)C(=O)O1. The molecule has 0 spiro atoms. The van der Waals surface area contributed by atoms with Gasteiger partial charge in [-0.2, -0.15) is 0 Å². The van der Waals surface area contributed by atoms with E-state index >= 15 is 4.39 Å². The van der Waals surface area contributed by atoms with Crippen LogP contribution in [0.25, 0.3) is 0 Å². The molecule has 0 bridgehead atoms. The van der Waals surface area contributed by atoms with E-state index in [1.165, 1.54) is 23.5 Å². The van der Waals surface area contributed by atoms with Gasteiger partial charge in [-0.3, -0.25) is 20.3 Å². The minimum Gasteiger partial charge on any atom is -0.761 e. The Morgan fingerprint density at radius 1 is 1.18 bits per heavy atom. The first-order valence-electron chi connectivity index (χ1n) is 13.2. The molecule has 5 rings (SSSR count). The third-order valence-corrected chi connectivity index (χ3v) is 7.41. The Kier molecular flexibility index (Phi) is 7.89. The zero-order chi connectivity index (χ0) is 27.6. The Balaban J connectivity index is 1.08. The Bertz CT molecular complexity index is 1190. The zero-order valence-corrected chi connectivity index (χ0v) is 21.9. The molecule has 0 radical (unpaired) electrons. The number of piperazine rings is 1. The first-order valence-corrected chi connectivity index (χ1v) is 13.2. The first-order chi connectivity index (χ1) is 18.7. The normalized spacial score (nSPS) is 25.0. The number of nitrogens with two attached hydrogens (primary N) is 1. The summed E-state index contributed by atoms with van der Waals surface area (Å²) in [6, 6.07) is 12.2. The van der Waals surface area contributed by atoms with Gasteiger partial charge in [-0.05, 0) is 55.2 Å². The molecule has 2 aromatic rings. The fourth-order valence-electron chi connectivity index (χ4n) is 5.21. The van der Waals surface area contributed by atoms with Crippen LogP contribution in [0.5, 0.6) is 0 Å². The summed E-state index contributed by atoms with van der Waals surface area (Å²) >= 11 is 0. The number of halogens is 1. The topological polar surface area (TPSA) is 139 Å². The van der Waals surface area contributed by atoms with Gasteiger partial charge in [0, 0.05) is 38.8 Å². The maximum absolute atomic E-state index is 15.1. The maximum Gasteiger partial charge on any atom is 0.416 e. The number of aryl methyl sites for hydroxylation is 1. The molecule has 2 unspecified atom stereocenters. The number of nitrogens with zero attached hydrogens (tertiary/aromatic N) is 3. The molecule has 2 amide bonds. The van der Waals surface area contributed by atoms with Crippen LogP contribution in [0, 0.1) is 11.0 Å². The molecule has 39 heavy (non-hydrogen) atoms. The van der Waals surface area contributed by atoms with Crippen LogP contribution in [0.2, 0.25) is 0 Å². The van der Waals surface area contributed by atoms with Crippen molar-refractivity contribution in [3.63, 3.8) is 0 Å². The van der Waals surface area contributed by atoms with Crippen LogP contribution in [0.15, 0.2) is 42.5 Å². The molecule has 210 valence electrons. The van der Waals surface area contributed by atoms with E-state index in [2.05, 4.69) is 10.2 Å². The minimum absolute atomic E-state index is 0.00266. The summed E-state index contributed by atoms with van der Waals surface area (Å²) in [6.45, 7) is 4.18. The predicted molar refractivity (Wildman–Crippen MR) is 145 cm³/mol. The fourth-order valence-corrected chi connectivity index (χ4v) is 5.21. The van der Waals surface area contributed by atoms with Gasteiger partial charge in [-0.1, -0.05) is 12.1 Å². The molecule has 2 aromatic carbocycles. The van der Waals surface area contributed by atoms with Crippen molar-refractivity contribution in [2.75, 3.05) is 54.5 Å². The van der Waals surface area contributed by atoms with Crippen LogP contribution >= 0.6 is 0 Å². The van der Waals surface area contributed by atoms with Crippen molar-refractivity contribution in [2.24, 2.45) is 5.73 Å². The molecule has 0 saturated carbocycles. The summed E-state index contributed by atoms with van der Waals surface area (Å²) < 4.78 is 26.3. The lowest BCUT2D eigenvalue weighted by Crippen LogP contribution is -2.53. The van der Waals surface area contributed by atoms with Gasteiger partial charge in [-0.25, -0.2) is 9.18 Å². The number of anilines is 3. The highest BCUT2D eigenvalue weighted by atomic mass is 19.1. The van der Waals surface area contributed by atoms with Gasteiger partial charge in [0.05, 0.1) is 30.6 Å².